The molecule has 0 heterocycles. The van der Waals surface area contributed by atoms with E-state index in [1.54, 1.807) is 6.07 Å². The van der Waals surface area contributed by atoms with Crippen LogP contribution < -0.4 is 10.2 Å². The van der Waals surface area contributed by atoms with Crippen LogP contribution in [-0.4, -0.2) is 31.3 Å². The minimum absolute atomic E-state index is 0.0914. The van der Waals surface area contributed by atoms with Gasteiger partial charge in [-0.3, -0.25) is 0 Å². The van der Waals surface area contributed by atoms with Gasteiger partial charge in [0.15, 0.2) is 0 Å². The second kappa shape index (κ2) is 8.12. The van der Waals surface area contributed by atoms with Crippen LogP contribution in [0.25, 0.3) is 0 Å². The van der Waals surface area contributed by atoms with Gasteiger partial charge in [-0.05, 0) is 43.7 Å². The normalized spacial score (nSPS) is 12.5. The molecule has 2 N–H and O–H groups in total. The summed E-state index contributed by atoms with van der Waals surface area (Å²) in [5.74, 6) is -0.219. The van der Waals surface area contributed by atoms with Crippen LogP contribution in [0.5, 0.6) is 0 Å². The van der Waals surface area contributed by atoms with Gasteiger partial charge >= 0.3 is 0 Å². The second-order valence-corrected chi connectivity index (χ2v) is 4.69. The molecule has 0 saturated heterocycles. The van der Waals surface area contributed by atoms with Crippen LogP contribution >= 0.6 is 0 Å². The zero-order chi connectivity index (χ0) is 14.3. The Morgan fingerprint density at radius 1 is 1.32 bits per heavy atom. The molecule has 0 radical (unpaired) electrons. The number of hydrogen-bond acceptors (Lipinski definition) is 3. The molecule has 0 spiro atoms. The Labute approximate surface area is 115 Å². The van der Waals surface area contributed by atoms with E-state index < -0.39 is 0 Å². The van der Waals surface area contributed by atoms with Gasteiger partial charge in [0.1, 0.15) is 5.82 Å². The molecule has 0 fully saturated rings. The number of aliphatic hydroxyl groups is 1. The number of nitrogens with zero attached hydrogens (tertiary/aromatic N) is 1. The minimum atomic E-state index is -0.219. The second-order valence-electron chi connectivity index (χ2n) is 4.69. The molecule has 0 amide bonds. The lowest BCUT2D eigenvalue weighted by molar-refractivity contribution is 0.301. The topological polar surface area (TPSA) is 35.5 Å². The summed E-state index contributed by atoms with van der Waals surface area (Å²) >= 11 is 0. The molecular weight excluding hydrogens is 243 g/mol. The zero-order valence-corrected chi connectivity index (χ0v) is 12.1. The maximum atomic E-state index is 13.5. The van der Waals surface area contributed by atoms with Gasteiger partial charge in [0.2, 0.25) is 0 Å². The summed E-state index contributed by atoms with van der Waals surface area (Å²) in [6, 6.07) is 4.97. The number of hydrogen-bond donors (Lipinski definition) is 2. The predicted octanol–water partition coefficient (Wildman–Crippen LogP) is 2.70. The molecule has 108 valence electrons. The maximum absolute atomic E-state index is 13.5. The number of rotatable bonds is 8. The standard InChI is InChI=1S/C15H25FN2O/c1-4-8-18(9-10-19)15-7-6-13(16)11-14(15)12(3)17-5-2/h6-7,11-12,17,19H,4-5,8-10H2,1-3H3. The van der Waals surface area contributed by atoms with E-state index in [2.05, 4.69) is 17.1 Å². The highest BCUT2D eigenvalue weighted by Crippen LogP contribution is 2.27. The Balaban J connectivity index is 3.08. The van der Waals surface area contributed by atoms with Crippen molar-refractivity contribution in [2.75, 3.05) is 31.1 Å². The first kappa shape index (κ1) is 15.9. The first-order chi connectivity index (χ1) is 9.13. The van der Waals surface area contributed by atoms with E-state index in [0.29, 0.717) is 6.54 Å². The van der Waals surface area contributed by atoms with Crippen LogP contribution in [0.3, 0.4) is 0 Å². The minimum Gasteiger partial charge on any atom is -0.395 e. The van der Waals surface area contributed by atoms with Crippen LogP contribution in [0.4, 0.5) is 10.1 Å². The van der Waals surface area contributed by atoms with Crippen molar-refractivity contribution in [1.29, 1.82) is 0 Å². The number of nitrogens with one attached hydrogen (secondary N) is 1. The number of halogens is 1. The fourth-order valence-corrected chi connectivity index (χ4v) is 2.32. The number of aliphatic hydroxyl groups excluding tert-OH is 1. The van der Waals surface area contributed by atoms with Crippen molar-refractivity contribution in [3.8, 4) is 0 Å². The van der Waals surface area contributed by atoms with Gasteiger partial charge in [-0.2, -0.15) is 0 Å². The molecule has 0 aliphatic heterocycles. The Morgan fingerprint density at radius 3 is 2.63 bits per heavy atom. The molecule has 4 heteroatoms. The van der Waals surface area contributed by atoms with Crippen molar-refractivity contribution in [1.82, 2.24) is 5.32 Å². The third kappa shape index (κ3) is 4.48. The molecule has 3 nitrogen and oxygen atoms in total. The SMILES string of the molecule is CCCN(CCO)c1ccc(F)cc1C(C)NCC. The summed E-state index contributed by atoms with van der Waals surface area (Å²) in [7, 11) is 0. The van der Waals surface area contributed by atoms with E-state index in [4.69, 9.17) is 0 Å². The number of anilines is 1. The summed E-state index contributed by atoms with van der Waals surface area (Å²) in [5, 5.41) is 12.5. The van der Waals surface area contributed by atoms with E-state index in [1.165, 1.54) is 6.07 Å². The highest BCUT2D eigenvalue weighted by molar-refractivity contribution is 5.55. The van der Waals surface area contributed by atoms with E-state index in [1.807, 2.05) is 19.9 Å². The first-order valence-corrected chi connectivity index (χ1v) is 7.02. The molecule has 1 atom stereocenters. The van der Waals surface area contributed by atoms with Crippen molar-refractivity contribution < 1.29 is 9.50 Å². The largest absolute Gasteiger partial charge is 0.395 e. The van der Waals surface area contributed by atoms with Crippen LogP contribution in [0.1, 0.15) is 38.8 Å². The molecular formula is C15H25FN2O. The first-order valence-electron chi connectivity index (χ1n) is 7.02. The highest BCUT2D eigenvalue weighted by Gasteiger charge is 2.15. The van der Waals surface area contributed by atoms with E-state index in [9.17, 15) is 9.50 Å². The molecule has 0 bridgehead atoms. The highest BCUT2D eigenvalue weighted by atomic mass is 19.1. The summed E-state index contributed by atoms with van der Waals surface area (Å²) in [6.45, 7) is 8.54. The molecule has 0 saturated carbocycles. The molecule has 1 aromatic carbocycles. The Kier molecular flexibility index (Phi) is 6.81. The predicted molar refractivity (Wildman–Crippen MR) is 78.1 cm³/mol. The van der Waals surface area contributed by atoms with Crippen LogP contribution in [-0.2, 0) is 0 Å². The number of benzene rings is 1. The van der Waals surface area contributed by atoms with Crippen LogP contribution in [0, 0.1) is 5.82 Å². The monoisotopic (exact) mass is 268 g/mol. The third-order valence-corrected chi connectivity index (χ3v) is 3.17. The van der Waals surface area contributed by atoms with E-state index >= 15 is 0 Å². The zero-order valence-electron chi connectivity index (χ0n) is 12.1. The van der Waals surface area contributed by atoms with Gasteiger partial charge in [0.05, 0.1) is 6.61 Å². The average molecular weight is 268 g/mol. The van der Waals surface area contributed by atoms with Gasteiger partial charge in [0.25, 0.3) is 0 Å². The van der Waals surface area contributed by atoms with Crippen molar-refractivity contribution in [3.63, 3.8) is 0 Å². The summed E-state index contributed by atoms with van der Waals surface area (Å²) in [6.07, 6.45) is 0.992. The van der Waals surface area contributed by atoms with Crippen molar-refractivity contribution >= 4 is 5.69 Å². The van der Waals surface area contributed by atoms with Crippen molar-refractivity contribution in [2.45, 2.75) is 33.2 Å². The third-order valence-electron chi connectivity index (χ3n) is 3.17. The smallest absolute Gasteiger partial charge is 0.123 e. The Morgan fingerprint density at radius 2 is 2.05 bits per heavy atom. The van der Waals surface area contributed by atoms with Gasteiger partial charge in [-0.1, -0.05) is 13.8 Å². The van der Waals surface area contributed by atoms with Gasteiger partial charge in [-0.15, -0.1) is 0 Å². The lowest BCUT2D eigenvalue weighted by Gasteiger charge is -2.28. The summed E-state index contributed by atoms with van der Waals surface area (Å²) in [5.41, 5.74) is 1.95. The molecule has 19 heavy (non-hydrogen) atoms. The molecule has 0 aliphatic rings. The average Bonchev–Trinajstić information content (AvgIpc) is 2.39. The molecule has 0 aliphatic carbocycles. The lowest BCUT2D eigenvalue weighted by Crippen LogP contribution is -2.30. The summed E-state index contributed by atoms with van der Waals surface area (Å²) < 4.78 is 13.5. The quantitative estimate of drug-likeness (QED) is 0.761. The molecule has 0 aromatic heterocycles. The van der Waals surface area contributed by atoms with E-state index in [0.717, 1.165) is 30.8 Å². The molecule has 1 aromatic rings. The Hall–Kier alpha value is -1.13. The van der Waals surface area contributed by atoms with Crippen molar-refractivity contribution in [2.24, 2.45) is 0 Å². The fraction of sp³-hybridized carbons (Fsp3) is 0.600. The van der Waals surface area contributed by atoms with Gasteiger partial charge < -0.3 is 15.3 Å². The van der Waals surface area contributed by atoms with Crippen molar-refractivity contribution in [3.05, 3.63) is 29.6 Å². The van der Waals surface area contributed by atoms with E-state index in [-0.39, 0.29) is 18.5 Å². The molecule has 1 unspecified atom stereocenters. The van der Waals surface area contributed by atoms with Gasteiger partial charge in [-0.25, -0.2) is 4.39 Å². The van der Waals surface area contributed by atoms with Gasteiger partial charge in [0, 0.05) is 24.8 Å². The molecule has 1 rings (SSSR count). The fourth-order valence-electron chi connectivity index (χ4n) is 2.32. The van der Waals surface area contributed by atoms with Crippen LogP contribution in [0.15, 0.2) is 18.2 Å². The Bertz CT molecular complexity index is 378. The maximum Gasteiger partial charge on any atom is 0.123 e. The summed E-state index contributed by atoms with van der Waals surface area (Å²) in [4.78, 5) is 2.11. The van der Waals surface area contributed by atoms with Crippen LogP contribution in [0.2, 0.25) is 0 Å². The lowest BCUT2D eigenvalue weighted by atomic mass is 10.0.